The van der Waals surface area contributed by atoms with E-state index in [0.29, 0.717) is 24.7 Å². The lowest BCUT2D eigenvalue weighted by Gasteiger charge is -2.38. The number of fused-ring (bicyclic) bond motifs is 1. The summed E-state index contributed by atoms with van der Waals surface area (Å²) >= 11 is 6.03. The van der Waals surface area contributed by atoms with E-state index in [1.807, 2.05) is 36.1 Å². The smallest absolute Gasteiger partial charge is 0.317 e. The number of hydrogen-bond donors (Lipinski definition) is 2. The van der Waals surface area contributed by atoms with Crippen LogP contribution in [0.3, 0.4) is 0 Å². The molecule has 1 aromatic carbocycles. The van der Waals surface area contributed by atoms with E-state index in [2.05, 4.69) is 10.3 Å². The van der Waals surface area contributed by atoms with Crippen LogP contribution in [-0.2, 0) is 16.1 Å². The molecule has 2 atom stereocenters. The number of likely N-dealkylation sites (tertiary alicyclic amines) is 1. The van der Waals surface area contributed by atoms with Gasteiger partial charge in [-0.2, -0.15) is 0 Å². The van der Waals surface area contributed by atoms with Crippen molar-refractivity contribution in [3.05, 3.63) is 35.0 Å². The minimum atomic E-state index is -0.173. The first kappa shape index (κ1) is 21.5. The van der Waals surface area contributed by atoms with Crippen LogP contribution in [0.15, 0.2) is 24.3 Å². The Bertz CT molecular complexity index is 869. The molecule has 3 rings (SSSR count). The quantitative estimate of drug-likeness (QED) is 0.753. The number of aromatic nitrogens is 1. The van der Waals surface area contributed by atoms with Gasteiger partial charge in [-0.3, -0.25) is 4.79 Å². The van der Waals surface area contributed by atoms with Crippen LogP contribution in [0.2, 0.25) is 5.02 Å². The maximum absolute atomic E-state index is 12.7. The summed E-state index contributed by atoms with van der Waals surface area (Å²) in [6.07, 6.45) is 1.77. The molecular weight excluding hydrogens is 392 g/mol. The number of carbonyl (C=O) groups excluding carboxylic acids is 2. The Morgan fingerprint density at radius 1 is 1.41 bits per heavy atom. The van der Waals surface area contributed by atoms with Crippen LogP contribution in [0.1, 0.15) is 25.5 Å². The Balaban J connectivity index is 1.55. The fourth-order valence-corrected chi connectivity index (χ4v) is 4.00. The molecule has 1 fully saturated rings. The number of nitrogens with one attached hydrogen (secondary N) is 2. The zero-order valence-corrected chi connectivity index (χ0v) is 18.0. The second kappa shape index (κ2) is 9.50. The molecule has 8 heteroatoms. The molecule has 3 amide bonds. The number of aromatic amines is 1. The van der Waals surface area contributed by atoms with Gasteiger partial charge >= 0.3 is 6.03 Å². The molecule has 0 bridgehead atoms. The number of nitrogens with zero attached hydrogens (tertiary/aromatic N) is 2. The van der Waals surface area contributed by atoms with Crippen molar-refractivity contribution in [3.63, 3.8) is 0 Å². The van der Waals surface area contributed by atoms with Gasteiger partial charge in [0.25, 0.3) is 0 Å². The standard InChI is InChI=1S/C21H29ClN4O3/c1-14(13-29-3)20(27)26-8-4-5-18(12-26)25(2)21(28)23-11-17-10-15-9-16(22)6-7-19(15)24-17/h6-7,9-10,14,18,24H,4-5,8,11-13H2,1-3H3,(H,23,28). The van der Waals surface area contributed by atoms with Crippen molar-refractivity contribution in [2.75, 3.05) is 33.9 Å². The maximum atomic E-state index is 12.7. The molecule has 7 nitrogen and oxygen atoms in total. The second-order valence-electron chi connectivity index (χ2n) is 7.73. The molecule has 1 aromatic heterocycles. The lowest BCUT2D eigenvalue weighted by atomic mass is 10.0. The molecule has 2 heterocycles. The Morgan fingerprint density at radius 2 is 2.21 bits per heavy atom. The molecule has 2 aromatic rings. The van der Waals surface area contributed by atoms with Crippen molar-refractivity contribution in [1.29, 1.82) is 0 Å². The second-order valence-corrected chi connectivity index (χ2v) is 8.17. The number of carbonyl (C=O) groups is 2. The molecule has 1 saturated heterocycles. The molecule has 1 aliphatic heterocycles. The highest BCUT2D eigenvalue weighted by Crippen LogP contribution is 2.20. The summed E-state index contributed by atoms with van der Waals surface area (Å²) < 4.78 is 5.10. The fourth-order valence-electron chi connectivity index (χ4n) is 3.82. The number of halogens is 1. The van der Waals surface area contributed by atoms with E-state index in [1.165, 1.54) is 0 Å². The number of amides is 3. The van der Waals surface area contributed by atoms with Crippen molar-refractivity contribution >= 4 is 34.4 Å². The van der Waals surface area contributed by atoms with Crippen LogP contribution in [0.5, 0.6) is 0 Å². The molecule has 158 valence electrons. The number of H-pyrrole nitrogens is 1. The third kappa shape index (κ3) is 5.22. The predicted molar refractivity (Wildman–Crippen MR) is 114 cm³/mol. The lowest BCUT2D eigenvalue weighted by molar-refractivity contribution is -0.138. The summed E-state index contributed by atoms with van der Waals surface area (Å²) in [5.41, 5.74) is 1.90. The van der Waals surface area contributed by atoms with E-state index in [9.17, 15) is 9.59 Å². The number of methoxy groups -OCH3 is 1. The van der Waals surface area contributed by atoms with E-state index in [4.69, 9.17) is 16.3 Å². The highest BCUT2D eigenvalue weighted by molar-refractivity contribution is 6.31. The summed E-state index contributed by atoms with van der Waals surface area (Å²) in [7, 11) is 3.39. The first-order chi connectivity index (χ1) is 13.9. The summed E-state index contributed by atoms with van der Waals surface area (Å²) in [5.74, 6) is -0.0875. The molecule has 2 N–H and O–H groups in total. The van der Waals surface area contributed by atoms with Crippen molar-refractivity contribution in [3.8, 4) is 0 Å². The molecule has 29 heavy (non-hydrogen) atoms. The first-order valence-electron chi connectivity index (χ1n) is 9.94. The molecule has 0 saturated carbocycles. The number of urea groups is 1. The van der Waals surface area contributed by atoms with Crippen molar-refractivity contribution in [1.82, 2.24) is 20.1 Å². The summed E-state index contributed by atoms with van der Waals surface area (Å²) in [4.78, 5) is 32.1. The van der Waals surface area contributed by atoms with Gasteiger partial charge in [-0.15, -0.1) is 0 Å². The molecule has 0 aliphatic carbocycles. The summed E-state index contributed by atoms with van der Waals surface area (Å²) in [5, 5.41) is 4.66. The van der Waals surface area contributed by atoms with Gasteiger partial charge in [-0.25, -0.2) is 4.79 Å². The number of likely N-dealkylation sites (N-methyl/N-ethyl adjacent to an activating group) is 1. The van der Waals surface area contributed by atoms with E-state index in [-0.39, 0.29) is 23.9 Å². The molecule has 0 radical (unpaired) electrons. The van der Waals surface area contributed by atoms with Gasteiger partial charge in [0.2, 0.25) is 5.91 Å². The van der Waals surface area contributed by atoms with Crippen molar-refractivity contribution in [2.24, 2.45) is 5.92 Å². The van der Waals surface area contributed by atoms with Gasteiger partial charge in [0.05, 0.1) is 25.1 Å². The third-order valence-corrected chi connectivity index (χ3v) is 5.72. The third-order valence-electron chi connectivity index (χ3n) is 5.48. The normalized spacial score (nSPS) is 17.9. The maximum Gasteiger partial charge on any atom is 0.317 e. The predicted octanol–water partition coefficient (Wildman–Crippen LogP) is 3.24. The summed E-state index contributed by atoms with van der Waals surface area (Å²) in [6.45, 7) is 3.97. The van der Waals surface area contributed by atoms with Gasteiger partial charge < -0.3 is 24.8 Å². The number of piperidine rings is 1. The Hall–Kier alpha value is -2.25. The monoisotopic (exact) mass is 420 g/mol. The molecule has 0 spiro atoms. The number of benzene rings is 1. The SMILES string of the molecule is COCC(C)C(=O)N1CCCC(N(C)C(=O)NCc2cc3cc(Cl)ccc3[nH]2)C1. The van der Waals surface area contributed by atoms with Crippen LogP contribution < -0.4 is 5.32 Å². The number of hydrogen-bond acceptors (Lipinski definition) is 3. The van der Waals surface area contributed by atoms with E-state index in [1.54, 1.807) is 19.1 Å². The van der Waals surface area contributed by atoms with E-state index < -0.39 is 0 Å². The highest BCUT2D eigenvalue weighted by Gasteiger charge is 2.30. The van der Waals surface area contributed by atoms with Crippen LogP contribution in [0.4, 0.5) is 4.79 Å². The Kier molecular flexibility index (Phi) is 7.03. The van der Waals surface area contributed by atoms with Crippen molar-refractivity contribution < 1.29 is 14.3 Å². The number of ether oxygens (including phenoxy) is 1. The average molecular weight is 421 g/mol. The molecule has 2 unspecified atom stereocenters. The van der Waals surface area contributed by atoms with Gasteiger partial charge in [0.1, 0.15) is 0 Å². The largest absolute Gasteiger partial charge is 0.384 e. The highest BCUT2D eigenvalue weighted by atomic mass is 35.5. The Morgan fingerprint density at radius 3 is 2.97 bits per heavy atom. The van der Waals surface area contributed by atoms with Gasteiger partial charge in [-0.1, -0.05) is 18.5 Å². The number of rotatable bonds is 6. The van der Waals surface area contributed by atoms with Crippen LogP contribution >= 0.6 is 11.6 Å². The van der Waals surface area contributed by atoms with Crippen LogP contribution in [0, 0.1) is 5.92 Å². The topological polar surface area (TPSA) is 77.7 Å². The lowest BCUT2D eigenvalue weighted by Crippen LogP contribution is -2.53. The summed E-state index contributed by atoms with van der Waals surface area (Å²) in [6, 6.07) is 7.49. The van der Waals surface area contributed by atoms with Crippen LogP contribution in [-0.4, -0.2) is 66.6 Å². The van der Waals surface area contributed by atoms with E-state index in [0.717, 1.165) is 36.0 Å². The van der Waals surface area contributed by atoms with Crippen LogP contribution in [0.25, 0.3) is 10.9 Å². The average Bonchev–Trinajstić information content (AvgIpc) is 3.13. The minimum Gasteiger partial charge on any atom is -0.384 e. The van der Waals surface area contributed by atoms with E-state index >= 15 is 0 Å². The zero-order valence-electron chi connectivity index (χ0n) is 17.2. The van der Waals surface area contributed by atoms with Gasteiger partial charge in [-0.05, 0) is 37.1 Å². The fraction of sp³-hybridized carbons (Fsp3) is 0.524. The Labute approximate surface area is 176 Å². The molecule has 1 aliphatic rings. The van der Waals surface area contributed by atoms with Gasteiger partial charge in [0.15, 0.2) is 0 Å². The minimum absolute atomic E-state index is 0.00367. The van der Waals surface area contributed by atoms with Crippen molar-refractivity contribution in [2.45, 2.75) is 32.4 Å². The molecular formula is C21H29ClN4O3. The van der Waals surface area contributed by atoms with Gasteiger partial charge in [0, 0.05) is 48.9 Å². The zero-order chi connectivity index (χ0) is 21.0. The first-order valence-corrected chi connectivity index (χ1v) is 10.3.